The van der Waals surface area contributed by atoms with Crippen molar-refractivity contribution >= 4 is 29.4 Å². The maximum atomic E-state index is 11.7. The van der Waals surface area contributed by atoms with E-state index in [9.17, 15) is 14.4 Å². The summed E-state index contributed by atoms with van der Waals surface area (Å²) in [4.78, 5) is 39.2. The van der Waals surface area contributed by atoms with Gasteiger partial charge in [0.1, 0.15) is 12.0 Å². The lowest BCUT2D eigenvalue weighted by Crippen LogP contribution is -2.44. The molecule has 0 atom stereocenters. The third-order valence-corrected chi connectivity index (χ3v) is 4.36. The van der Waals surface area contributed by atoms with Crippen LogP contribution in [0.2, 0.25) is 0 Å². The molecule has 20 heavy (non-hydrogen) atoms. The number of urea groups is 1. The first-order chi connectivity index (χ1) is 9.61. The average Bonchev–Trinajstić information content (AvgIpc) is 2.95. The summed E-state index contributed by atoms with van der Waals surface area (Å²) < 4.78 is 0. The van der Waals surface area contributed by atoms with Crippen LogP contribution in [0.25, 0.3) is 0 Å². The van der Waals surface area contributed by atoms with Crippen LogP contribution in [0.1, 0.15) is 41.2 Å². The van der Waals surface area contributed by atoms with Crippen LogP contribution in [-0.4, -0.2) is 47.6 Å². The molecule has 1 aromatic heterocycles. The number of aromatic nitrogens is 1. The van der Waals surface area contributed by atoms with Gasteiger partial charge in [-0.2, -0.15) is 0 Å². The van der Waals surface area contributed by atoms with Crippen LogP contribution in [0.5, 0.6) is 0 Å². The molecule has 1 saturated heterocycles. The second-order valence-electron chi connectivity index (χ2n) is 4.74. The Labute approximate surface area is 121 Å². The summed E-state index contributed by atoms with van der Waals surface area (Å²) >= 11 is 1.51. The predicted octanol–water partition coefficient (Wildman–Crippen LogP) is 1.43. The quantitative estimate of drug-likeness (QED) is 0.673. The molecule has 1 fully saturated rings. The van der Waals surface area contributed by atoms with Crippen LogP contribution in [0.3, 0.4) is 0 Å². The molecule has 0 aromatic carbocycles. The number of thiazole rings is 1. The summed E-state index contributed by atoms with van der Waals surface area (Å²) in [6.07, 6.45) is 2.34. The minimum absolute atomic E-state index is 0.0156. The van der Waals surface area contributed by atoms with Gasteiger partial charge in [0.15, 0.2) is 5.78 Å². The van der Waals surface area contributed by atoms with Gasteiger partial charge >= 0.3 is 6.03 Å². The SMILES string of the molecule is CC(=O)c1csc(C2CCN(C(=O)NCC=O)CC2)n1. The summed E-state index contributed by atoms with van der Waals surface area (Å²) in [6.45, 7) is 2.85. The maximum Gasteiger partial charge on any atom is 0.317 e. The number of carbonyl (C=O) groups excluding carboxylic acids is 3. The topological polar surface area (TPSA) is 79.4 Å². The minimum Gasteiger partial charge on any atom is -0.331 e. The molecule has 0 aliphatic carbocycles. The third kappa shape index (κ3) is 3.41. The van der Waals surface area contributed by atoms with Crippen LogP contribution in [0.15, 0.2) is 5.38 Å². The van der Waals surface area contributed by atoms with Crippen LogP contribution < -0.4 is 5.32 Å². The number of piperidine rings is 1. The van der Waals surface area contributed by atoms with Crippen molar-refractivity contribution in [2.24, 2.45) is 0 Å². The second-order valence-corrected chi connectivity index (χ2v) is 5.63. The summed E-state index contributed by atoms with van der Waals surface area (Å²) in [6, 6.07) is -0.195. The first-order valence-electron chi connectivity index (χ1n) is 6.54. The molecule has 1 aromatic rings. The van der Waals surface area contributed by atoms with E-state index >= 15 is 0 Å². The highest BCUT2D eigenvalue weighted by Crippen LogP contribution is 2.30. The van der Waals surface area contributed by atoms with Crippen LogP contribution in [0, 0.1) is 0 Å². The summed E-state index contributed by atoms with van der Waals surface area (Å²) in [5.41, 5.74) is 0.524. The van der Waals surface area contributed by atoms with E-state index < -0.39 is 0 Å². The van der Waals surface area contributed by atoms with Crippen molar-refractivity contribution in [1.82, 2.24) is 15.2 Å². The Kier molecular flexibility index (Phi) is 4.84. The molecule has 2 rings (SSSR count). The molecule has 7 heteroatoms. The van der Waals surface area contributed by atoms with E-state index in [4.69, 9.17) is 0 Å². The molecule has 1 aliphatic rings. The fraction of sp³-hybridized carbons (Fsp3) is 0.538. The Bertz CT molecular complexity index is 507. The number of hydrogen-bond donors (Lipinski definition) is 1. The highest BCUT2D eigenvalue weighted by atomic mass is 32.1. The van der Waals surface area contributed by atoms with Gasteiger partial charge in [0, 0.05) is 31.3 Å². The van der Waals surface area contributed by atoms with E-state index in [-0.39, 0.29) is 18.4 Å². The third-order valence-electron chi connectivity index (χ3n) is 3.35. The highest BCUT2D eigenvalue weighted by molar-refractivity contribution is 7.09. The zero-order valence-electron chi connectivity index (χ0n) is 11.3. The van der Waals surface area contributed by atoms with E-state index in [0.717, 1.165) is 17.8 Å². The molecule has 6 nitrogen and oxygen atoms in total. The van der Waals surface area contributed by atoms with Crippen molar-refractivity contribution in [2.75, 3.05) is 19.6 Å². The minimum atomic E-state index is -0.195. The molecule has 1 N–H and O–H groups in total. The van der Waals surface area contributed by atoms with E-state index in [0.29, 0.717) is 31.0 Å². The van der Waals surface area contributed by atoms with Crippen LogP contribution in [-0.2, 0) is 4.79 Å². The Hall–Kier alpha value is -1.76. The lowest BCUT2D eigenvalue weighted by molar-refractivity contribution is -0.107. The fourth-order valence-corrected chi connectivity index (χ4v) is 3.24. The number of Topliss-reactive ketones (excluding diaryl/α,β-unsaturated/α-hetero) is 1. The molecule has 1 aliphatic heterocycles. The van der Waals surface area contributed by atoms with Crippen molar-refractivity contribution in [3.63, 3.8) is 0 Å². The van der Waals surface area contributed by atoms with Gasteiger partial charge in [0.2, 0.25) is 0 Å². The van der Waals surface area contributed by atoms with Crippen molar-refractivity contribution in [1.29, 1.82) is 0 Å². The molecule has 0 bridgehead atoms. The molecule has 2 heterocycles. The Balaban J connectivity index is 1.88. The zero-order valence-corrected chi connectivity index (χ0v) is 12.1. The Morgan fingerprint density at radius 2 is 2.20 bits per heavy atom. The smallest absolute Gasteiger partial charge is 0.317 e. The zero-order chi connectivity index (χ0) is 14.5. The lowest BCUT2D eigenvalue weighted by atomic mass is 9.98. The van der Waals surface area contributed by atoms with Gasteiger partial charge in [-0.1, -0.05) is 0 Å². The van der Waals surface area contributed by atoms with Gasteiger partial charge in [0.05, 0.1) is 11.6 Å². The lowest BCUT2D eigenvalue weighted by Gasteiger charge is -2.30. The van der Waals surface area contributed by atoms with Gasteiger partial charge in [-0.15, -0.1) is 11.3 Å². The van der Waals surface area contributed by atoms with Crippen molar-refractivity contribution in [2.45, 2.75) is 25.7 Å². The Morgan fingerprint density at radius 3 is 2.75 bits per heavy atom. The largest absolute Gasteiger partial charge is 0.331 e. The van der Waals surface area contributed by atoms with Gasteiger partial charge < -0.3 is 15.0 Å². The van der Waals surface area contributed by atoms with E-state index in [1.165, 1.54) is 18.3 Å². The van der Waals surface area contributed by atoms with E-state index in [2.05, 4.69) is 10.3 Å². The first-order valence-corrected chi connectivity index (χ1v) is 7.42. The molecule has 2 amide bonds. The van der Waals surface area contributed by atoms with Crippen molar-refractivity contribution < 1.29 is 14.4 Å². The fourth-order valence-electron chi connectivity index (χ4n) is 2.21. The van der Waals surface area contributed by atoms with Gasteiger partial charge in [0.25, 0.3) is 0 Å². The van der Waals surface area contributed by atoms with Crippen LogP contribution in [0.4, 0.5) is 4.79 Å². The standard InChI is InChI=1S/C13H17N3O3S/c1-9(18)11-8-20-12(15-11)10-2-5-16(6-3-10)13(19)14-4-7-17/h7-8,10H,2-6H2,1H3,(H,14,19). The Morgan fingerprint density at radius 1 is 1.50 bits per heavy atom. The molecule has 0 unspecified atom stereocenters. The molecule has 0 spiro atoms. The van der Waals surface area contributed by atoms with Crippen molar-refractivity contribution in [3.8, 4) is 0 Å². The van der Waals surface area contributed by atoms with Gasteiger partial charge in [-0.05, 0) is 12.8 Å². The monoisotopic (exact) mass is 295 g/mol. The van der Waals surface area contributed by atoms with Gasteiger partial charge in [-0.25, -0.2) is 9.78 Å². The summed E-state index contributed by atoms with van der Waals surface area (Å²) in [5.74, 6) is 0.293. The number of rotatable bonds is 4. The predicted molar refractivity (Wildman–Crippen MR) is 75.1 cm³/mol. The van der Waals surface area contributed by atoms with Crippen molar-refractivity contribution in [3.05, 3.63) is 16.1 Å². The second kappa shape index (κ2) is 6.60. The molecule has 108 valence electrons. The molecule has 0 radical (unpaired) electrons. The van der Waals surface area contributed by atoms with Crippen LogP contribution >= 0.6 is 11.3 Å². The maximum absolute atomic E-state index is 11.7. The molecular weight excluding hydrogens is 278 g/mol. The molecule has 0 saturated carbocycles. The number of aldehydes is 1. The number of ketones is 1. The number of carbonyl (C=O) groups is 3. The first kappa shape index (κ1) is 14.6. The number of amides is 2. The summed E-state index contributed by atoms with van der Waals surface area (Å²) in [7, 11) is 0. The normalized spacial score (nSPS) is 15.9. The van der Waals surface area contributed by atoms with Gasteiger partial charge in [-0.3, -0.25) is 4.79 Å². The molecular formula is C13H17N3O3S. The van der Waals surface area contributed by atoms with E-state index in [1.807, 2.05) is 0 Å². The number of hydrogen-bond acceptors (Lipinski definition) is 5. The number of nitrogens with zero attached hydrogens (tertiary/aromatic N) is 2. The number of nitrogens with one attached hydrogen (secondary N) is 1. The van der Waals surface area contributed by atoms with E-state index in [1.54, 1.807) is 10.3 Å². The average molecular weight is 295 g/mol. The summed E-state index contributed by atoms with van der Waals surface area (Å²) in [5, 5.41) is 5.30. The number of likely N-dealkylation sites (tertiary alicyclic amines) is 1. The highest BCUT2D eigenvalue weighted by Gasteiger charge is 2.25.